The van der Waals surface area contributed by atoms with E-state index in [0.29, 0.717) is 30.4 Å². The van der Waals surface area contributed by atoms with Crippen molar-refractivity contribution in [2.24, 2.45) is 0 Å². The molecule has 2 rings (SSSR count). The number of ether oxygens (including phenoxy) is 1. The number of anilines is 1. The van der Waals surface area contributed by atoms with Gasteiger partial charge in [0, 0.05) is 23.6 Å². The van der Waals surface area contributed by atoms with E-state index in [1.165, 1.54) is 0 Å². The van der Waals surface area contributed by atoms with E-state index in [-0.39, 0.29) is 6.03 Å². The van der Waals surface area contributed by atoms with Crippen molar-refractivity contribution in [1.82, 2.24) is 9.88 Å². The van der Waals surface area contributed by atoms with Gasteiger partial charge in [0.1, 0.15) is 5.75 Å². The van der Waals surface area contributed by atoms with E-state index in [4.69, 9.17) is 4.74 Å². The predicted molar refractivity (Wildman–Crippen MR) is 90.4 cm³/mol. The zero-order chi connectivity index (χ0) is 15.9. The van der Waals surface area contributed by atoms with E-state index in [2.05, 4.69) is 26.2 Å². The summed E-state index contributed by atoms with van der Waals surface area (Å²) in [5.41, 5.74) is 0.637. The lowest BCUT2D eigenvalue weighted by atomic mass is 10.3. The van der Waals surface area contributed by atoms with Gasteiger partial charge in [-0.3, -0.25) is 0 Å². The van der Waals surface area contributed by atoms with Crippen LogP contribution in [-0.2, 0) is 0 Å². The maximum atomic E-state index is 11.9. The largest absolute Gasteiger partial charge is 0.439 e. The van der Waals surface area contributed by atoms with Crippen LogP contribution in [0.3, 0.4) is 0 Å². The van der Waals surface area contributed by atoms with E-state index in [1.54, 1.807) is 23.2 Å². The summed E-state index contributed by atoms with van der Waals surface area (Å²) in [6.45, 7) is 5.21. The number of carbonyl (C=O) groups is 1. The molecule has 116 valence electrons. The zero-order valence-corrected chi connectivity index (χ0v) is 14.1. The Labute approximate surface area is 138 Å². The van der Waals surface area contributed by atoms with E-state index in [0.717, 1.165) is 4.47 Å². The maximum absolute atomic E-state index is 11.9. The number of pyridine rings is 1. The first kappa shape index (κ1) is 16.3. The Kier molecular flexibility index (Phi) is 5.77. The normalized spacial score (nSPS) is 10.1. The number of aromatic nitrogens is 1. The van der Waals surface area contributed by atoms with Crippen LogP contribution < -0.4 is 10.1 Å². The molecule has 6 heteroatoms. The third-order valence-corrected chi connectivity index (χ3v) is 3.55. The third-order valence-electron chi connectivity index (χ3n) is 3.06. The van der Waals surface area contributed by atoms with Crippen molar-refractivity contribution in [2.75, 3.05) is 18.4 Å². The minimum absolute atomic E-state index is 0.132. The Bertz CT molecular complexity index is 628. The lowest BCUT2D eigenvalue weighted by molar-refractivity contribution is 0.217. The van der Waals surface area contributed by atoms with Crippen LogP contribution in [0, 0.1) is 0 Å². The van der Waals surface area contributed by atoms with Gasteiger partial charge in [-0.15, -0.1) is 0 Å². The van der Waals surface area contributed by atoms with Gasteiger partial charge in [0.15, 0.2) is 0 Å². The molecule has 2 aromatic rings. The second kappa shape index (κ2) is 7.79. The van der Waals surface area contributed by atoms with Crippen molar-refractivity contribution in [2.45, 2.75) is 13.8 Å². The fraction of sp³-hybridized carbons (Fsp3) is 0.250. The van der Waals surface area contributed by atoms with Gasteiger partial charge in [-0.05, 0) is 38.1 Å². The second-order valence-corrected chi connectivity index (χ2v) is 5.46. The first-order chi connectivity index (χ1) is 10.6. The van der Waals surface area contributed by atoms with Gasteiger partial charge >= 0.3 is 6.03 Å². The monoisotopic (exact) mass is 363 g/mol. The molecule has 22 heavy (non-hydrogen) atoms. The second-order valence-electron chi connectivity index (χ2n) is 4.55. The van der Waals surface area contributed by atoms with Crippen molar-refractivity contribution in [3.63, 3.8) is 0 Å². The highest BCUT2D eigenvalue weighted by atomic mass is 79.9. The molecule has 0 aliphatic carbocycles. The zero-order valence-electron chi connectivity index (χ0n) is 12.5. The van der Waals surface area contributed by atoms with Gasteiger partial charge in [0.2, 0.25) is 5.88 Å². The predicted octanol–water partition coefficient (Wildman–Crippen LogP) is 4.51. The van der Waals surface area contributed by atoms with Gasteiger partial charge in [0.05, 0.1) is 11.9 Å². The molecule has 2 amide bonds. The van der Waals surface area contributed by atoms with Crippen molar-refractivity contribution in [3.05, 3.63) is 47.1 Å². The quantitative estimate of drug-likeness (QED) is 0.849. The van der Waals surface area contributed by atoms with Crippen LogP contribution in [0.25, 0.3) is 0 Å². The van der Waals surface area contributed by atoms with Crippen LogP contribution in [0.5, 0.6) is 11.6 Å². The third kappa shape index (κ3) is 4.46. The van der Waals surface area contributed by atoms with Crippen molar-refractivity contribution in [1.29, 1.82) is 0 Å². The molecule has 1 N–H and O–H groups in total. The van der Waals surface area contributed by atoms with Gasteiger partial charge in [-0.2, -0.15) is 0 Å². The van der Waals surface area contributed by atoms with Crippen LogP contribution in [0.1, 0.15) is 13.8 Å². The molecule has 0 bridgehead atoms. The molecule has 0 saturated heterocycles. The minimum atomic E-state index is -0.132. The first-order valence-corrected chi connectivity index (χ1v) is 7.87. The van der Waals surface area contributed by atoms with Crippen LogP contribution in [0.2, 0.25) is 0 Å². The van der Waals surface area contributed by atoms with Crippen molar-refractivity contribution in [3.8, 4) is 11.6 Å². The number of hydrogen-bond donors (Lipinski definition) is 1. The number of carbonyl (C=O) groups excluding carboxylic acids is 1. The molecule has 0 fully saturated rings. The Balaban J connectivity index is 2.00. The number of benzene rings is 1. The highest BCUT2D eigenvalue weighted by molar-refractivity contribution is 9.10. The summed E-state index contributed by atoms with van der Waals surface area (Å²) in [5, 5.41) is 2.81. The van der Waals surface area contributed by atoms with E-state index in [1.807, 2.05) is 38.1 Å². The number of amides is 2. The Morgan fingerprint density at radius 2 is 2.05 bits per heavy atom. The maximum Gasteiger partial charge on any atom is 0.321 e. The molecule has 0 aliphatic rings. The fourth-order valence-corrected chi connectivity index (χ4v) is 2.26. The van der Waals surface area contributed by atoms with Crippen molar-refractivity contribution >= 4 is 27.6 Å². The number of nitrogens with one attached hydrogen (secondary N) is 1. The van der Waals surface area contributed by atoms with Crippen LogP contribution >= 0.6 is 15.9 Å². The lowest BCUT2D eigenvalue weighted by Gasteiger charge is -2.19. The van der Waals surface area contributed by atoms with Crippen LogP contribution in [0.15, 0.2) is 47.1 Å². The Hall–Kier alpha value is -2.08. The van der Waals surface area contributed by atoms with Crippen LogP contribution in [0.4, 0.5) is 10.5 Å². The summed E-state index contributed by atoms with van der Waals surface area (Å²) >= 11 is 3.39. The molecule has 0 unspecified atom stereocenters. The summed E-state index contributed by atoms with van der Waals surface area (Å²) in [6, 6.07) is 10.9. The average molecular weight is 364 g/mol. The molecule has 0 atom stereocenters. The smallest absolute Gasteiger partial charge is 0.321 e. The fourth-order valence-electron chi connectivity index (χ4n) is 1.88. The van der Waals surface area contributed by atoms with Gasteiger partial charge in [0.25, 0.3) is 0 Å². The first-order valence-electron chi connectivity index (χ1n) is 7.07. The molecular weight excluding hydrogens is 346 g/mol. The molecule has 0 saturated carbocycles. The number of nitrogens with zero attached hydrogens (tertiary/aromatic N) is 2. The molecule has 0 spiro atoms. The van der Waals surface area contributed by atoms with Crippen molar-refractivity contribution < 1.29 is 9.53 Å². The van der Waals surface area contributed by atoms with E-state index < -0.39 is 0 Å². The van der Waals surface area contributed by atoms with Gasteiger partial charge in [-0.1, -0.05) is 22.0 Å². The average Bonchev–Trinajstić information content (AvgIpc) is 2.50. The molecule has 5 nitrogen and oxygen atoms in total. The number of hydrogen-bond acceptors (Lipinski definition) is 3. The molecule has 1 aromatic carbocycles. The molecule has 0 radical (unpaired) electrons. The summed E-state index contributed by atoms with van der Waals surface area (Å²) in [6.07, 6.45) is 1.58. The Morgan fingerprint density at radius 1 is 1.27 bits per heavy atom. The highest BCUT2D eigenvalue weighted by Crippen LogP contribution is 2.23. The van der Waals surface area contributed by atoms with E-state index >= 15 is 0 Å². The molecule has 0 aliphatic heterocycles. The number of halogens is 1. The molecule has 1 heterocycles. The SMILES string of the molecule is CCN(CC)C(=O)Nc1ccc(Oc2cccc(Br)c2)nc1. The van der Waals surface area contributed by atoms with Gasteiger partial charge < -0.3 is 15.0 Å². The Morgan fingerprint density at radius 3 is 2.64 bits per heavy atom. The summed E-state index contributed by atoms with van der Waals surface area (Å²) in [7, 11) is 0. The highest BCUT2D eigenvalue weighted by Gasteiger charge is 2.09. The molecular formula is C16H18BrN3O2. The van der Waals surface area contributed by atoms with E-state index in [9.17, 15) is 4.79 Å². The van der Waals surface area contributed by atoms with Gasteiger partial charge in [-0.25, -0.2) is 9.78 Å². The lowest BCUT2D eigenvalue weighted by Crippen LogP contribution is -2.34. The summed E-state index contributed by atoms with van der Waals surface area (Å²) < 4.78 is 6.58. The summed E-state index contributed by atoms with van der Waals surface area (Å²) in [5.74, 6) is 1.17. The summed E-state index contributed by atoms with van der Waals surface area (Å²) in [4.78, 5) is 17.8. The number of urea groups is 1. The molecule has 1 aromatic heterocycles. The minimum Gasteiger partial charge on any atom is -0.439 e. The number of rotatable bonds is 5. The topological polar surface area (TPSA) is 54.5 Å². The van der Waals surface area contributed by atoms with Crippen LogP contribution in [-0.4, -0.2) is 29.0 Å². The standard InChI is InChI=1S/C16H18BrN3O2/c1-3-20(4-2)16(21)19-13-8-9-15(18-11-13)22-14-7-5-6-12(17)10-14/h5-11H,3-4H2,1-2H3,(H,19,21).